The van der Waals surface area contributed by atoms with Crippen molar-refractivity contribution in [2.24, 2.45) is 5.73 Å². The van der Waals surface area contributed by atoms with Crippen LogP contribution in [0.1, 0.15) is 17.2 Å². The molecule has 84 valence electrons. The summed E-state index contributed by atoms with van der Waals surface area (Å²) in [5.41, 5.74) is 3.67. The molecule has 3 nitrogen and oxygen atoms in total. The molecule has 4 N–H and O–H groups in total. The summed E-state index contributed by atoms with van der Waals surface area (Å²) < 4.78 is 37.4. The number of aromatic hydroxyl groups is 1. The van der Waals surface area contributed by atoms with E-state index in [2.05, 4.69) is 0 Å². The molecule has 0 aromatic heterocycles. The first-order valence-corrected chi connectivity index (χ1v) is 4.14. The third-order valence-corrected chi connectivity index (χ3v) is 1.92. The molecule has 0 aliphatic carbocycles. The van der Waals surface area contributed by atoms with Gasteiger partial charge in [-0.05, 0) is 17.7 Å². The van der Waals surface area contributed by atoms with Crippen LogP contribution < -0.4 is 5.73 Å². The summed E-state index contributed by atoms with van der Waals surface area (Å²) in [6.07, 6.45) is -6.01. The van der Waals surface area contributed by atoms with Crippen LogP contribution in [0.2, 0.25) is 0 Å². The van der Waals surface area contributed by atoms with Crippen molar-refractivity contribution in [2.45, 2.75) is 12.3 Å². The number of alkyl halides is 3. The van der Waals surface area contributed by atoms with Gasteiger partial charge in [0.15, 0.2) is 0 Å². The van der Waals surface area contributed by atoms with Gasteiger partial charge in [0.25, 0.3) is 0 Å². The summed E-state index contributed by atoms with van der Waals surface area (Å²) in [6.45, 7) is -0.312. The van der Waals surface area contributed by atoms with E-state index in [0.29, 0.717) is 6.07 Å². The summed E-state index contributed by atoms with van der Waals surface area (Å²) in [7, 11) is 0. The summed E-state index contributed by atoms with van der Waals surface area (Å²) >= 11 is 0. The van der Waals surface area contributed by atoms with Gasteiger partial charge in [-0.3, -0.25) is 0 Å². The van der Waals surface area contributed by atoms with Crippen molar-refractivity contribution in [1.29, 1.82) is 0 Å². The Bertz CT molecular complexity index is 352. The third-order valence-electron chi connectivity index (χ3n) is 1.92. The molecule has 1 aromatic carbocycles. The molecular weight excluding hydrogens is 211 g/mol. The second kappa shape index (κ2) is 4.08. The van der Waals surface area contributed by atoms with Crippen molar-refractivity contribution in [3.63, 3.8) is 0 Å². The lowest BCUT2D eigenvalue weighted by Crippen LogP contribution is -2.17. The number of rotatable bonds is 2. The number of nitrogens with two attached hydrogens (primary N) is 1. The molecule has 1 atom stereocenters. The lowest BCUT2D eigenvalue weighted by atomic mass is 10.0. The maximum Gasteiger partial charge on any atom is 0.416 e. The Labute approximate surface area is 84.0 Å². The van der Waals surface area contributed by atoms with Gasteiger partial charge >= 0.3 is 6.18 Å². The fourth-order valence-corrected chi connectivity index (χ4v) is 1.21. The molecule has 0 aliphatic rings. The highest BCUT2D eigenvalue weighted by Gasteiger charge is 2.35. The SMILES string of the molecule is NCC(O)c1ccc(O)cc1C(F)(F)F. The summed E-state index contributed by atoms with van der Waals surface area (Å²) in [5, 5.41) is 18.2. The molecule has 0 fully saturated rings. The Morgan fingerprint density at radius 1 is 1.33 bits per heavy atom. The quantitative estimate of drug-likeness (QED) is 0.707. The summed E-state index contributed by atoms with van der Waals surface area (Å²) in [5.74, 6) is -0.504. The van der Waals surface area contributed by atoms with E-state index in [-0.39, 0.29) is 12.1 Å². The Balaban J connectivity index is 3.27. The predicted octanol–water partition coefficient (Wildman–Crippen LogP) is 1.40. The van der Waals surface area contributed by atoms with Crippen molar-refractivity contribution in [1.82, 2.24) is 0 Å². The first-order valence-electron chi connectivity index (χ1n) is 4.14. The monoisotopic (exact) mass is 221 g/mol. The molecule has 1 rings (SSSR count). The van der Waals surface area contributed by atoms with E-state index >= 15 is 0 Å². The van der Waals surface area contributed by atoms with Gasteiger partial charge in [0.1, 0.15) is 5.75 Å². The Morgan fingerprint density at radius 3 is 2.40 bits per heavy atom. The zero-order valence-corrected chi connectivity index (χ0v) is 7.62. The molecule has 0 saturated heterocycles. The number of aliphatic hydroxyl groups excluding tert-OH is 1. The molecule has 0 heterocycles. The van der Waals surface area contributed by atoms with Gasteiger partial charge in [-0.25, -0.2) is 0 Å². The minimum Gasteiger partial charge on any atom is -0.508 e. The van der Waals surface area contributed by atoms with Gasteiger partial charge < -0.3 is 15.9 Å². The van der Waals surface area contributed by atoms with Crippen molar-refractivity contribution in [3.8, 4) is 5.75 Å². The van der Waals surface area contributed by atoms with Crippen LogP contribution in [0.25, 0.3) is 0 Å². The van der Waals surface area contributed by atoms with Gasteiger partial charge in [-0.15, -0.1) is 0 Å². The maximum absolute atomic E-state index is 12.5. The minimum atomic E-state index is -4.62. The molecule has 6 heteroatoms. The number of halogens is 3. The summed E-state index contributed by atoms with van der Waals surface area (Å²) in [6, 6.07) is 2.65. The lowest BCUT2D eigenvalue weighted by molar-refractivity contribution is -0.139. The normalized spacial score (nSPS) is 13.9. The Kier molecular flexibility index (Phi) is 3.21. The van der Waals surface area contributed by atoms with Gasteiger partial charge in [0.05, 0.1) is 11.7 Å². The number of phenols is 1. The van der Waals surface area contributed by atoms with Crippen molar-refractivity contribution >= 4 is 0 Å². The van der Waals surface area contributed by atoms with Crippen molar-refractivity contribution < 1.29 is 23.4 Å². The highest BCUT2D eigenvalue weighted by atomic mass is 19.4. The van der Waals surface area contributed by atoms with Crippen LogP contribution in [0, 0.1) is 0 Å². The first kappa shape index (κ1) is 11.8. The zero-order chi connectivity index (χ0) is 11.6. The Hall–Kier alpha value is -1.27. The topological polar surface area (TPSA) is 66.5 Å². The number of hydrogen-bond donors (Lipinski definition) is 3. The predicted molar refractivity (Wildman–Crippen MR) is 47.1 cm³/mol. The first-order chi connectivity index (χ1) is 6.86. The smallest absolute Gasteiger partial charge is 0.416 e. The zero-order valence-electron chi connectivity index (χ0n) is 7.62. The van der Waals surface area contributed by atoms with E-state index in [1.165, 1.54) is 0 Å². The second-order valence-electron chi connectivity index (χ2n) is 3.02. The molecule has 0 radical (unpaired) electrons. The number of hydrogen-bond acceptors (Lipinski definition) is 3. The van der Waals surface area contributed by atoms with Gasteiger partial charge in [-0.2, -0.15) is 13.2 Å². The van der Waals surface area contributed by atoms with Crippen molar-refractivity contribution in [3.05, 3.63) is 29.3 Å². The molecular formula is C9H10F3NO2. The van der Waals surface area contributed by atoms with Crippen LogP contribution in [0.15, 0.2) is 18.2 Å². The standard InChI is InChI=1S/C9H10F3NO2/c10-9(11,12)7-3-5(14)1-2-6(7)8(15)4-13/h1-3,8,14-15H,4,13H2. The average Bonchev–Trinajstić information content (AvgIpc) is 2.15. The molecule has 1 unspecified atom stereocenters. The van der Waals surface area contributed by atoms with E-state index in [9.17, 15) is 18.3 Å². The molecule has 0 bridgehead atoms. The van der Waals surface area contributed by atoms with Crippen LogP contribution in [-0.4, -0.2) is 16.8 Å². The Morgan fingerprint density at radius 2 is 1.93 bits per heavy atom. The third kappa shape index (κ3) is 2.60. The van der Waals surface area contributed by atoms with Crippen LogP contribution in [0.5, 0.6) is 5.75 Å². The highest BCUT2D eigenvalue weighted by molar-refractivity contribution is 5.38. The molecule has 0 amide bonds. The van der Waals surface area contributed by atoms with E-state index in [1.54, 1.807) is 0 Å². The van der Waals surface area contributed by atoms with Crippen LogP contribution in [0.4, 0.5) is 13.2 Å². The van der Waals surface area contributed by atoms with Gasteiger partial charge in [0.2, 0.25) is 0 Å². The summed E-state index contributed by atoms with van der Waals surface area (Å²) in [4.78, 5) is 0. The fraction of sp³-hybridized carbons (Fsp3) is 0.333. The molecule has 0 saturated carbocycles. The number of benzene rings is 1. The molecule has 0 aliphatic heterocycles. The number of phenolic OH excluding ortho intramolecular Hbond substituents is 1. The lowest BCUT2D eigenvalue weighted by Gasteiger charge is -2.16. The van der Waals surface area contributed by atoms with Gasteiger partial charge in [0, 0.05) is 6.54 Å². The van der Waals surface area contributed by atoms with E-state index in [1.807, 2.05) is 0 Å². The van der Waals surface area contributed by atoms with E-state index < -0.39 is 23.6 Å². The van der Waals surface area contributed by atoms with Gasteiger partial charge in [-0.1, -0.05) is 6.07 Å². The fourth-order valence-electron chi connectivity index (χ4n) is 1.21. The van der Waals surface area contributed by atoms with Crippen LogP contribution in [-0.2, 0) is 6.18 Å². The van der Waals surface area contributed by atoms with Crippen LogP contribution >= 0.6 is 0 Å². The molecule has 1 aromatic rings. The van der Waals surface area contributed by atoms with Crippen molar-refractivity contribution in [2.75, 3.05) is 6.54 Å². The second-order valence-corrected chi connectivity index (χ2v) is 3.02. The maximum atomic E-state index is 12.5. The number of aliphatic hydroxyl groups is 1. The minimum absolute atomic E-state index is 0.312. The van der Waals surface area contributed by atoms with E-state index in [0.717, 1.165) is 12.1 Å². The average molecular weight is 221 g/mol. The highest BCUT2D eigenvalue weighted by Crippen LogP contribution is 2.36. The molecule has 0 spiro atoms. The largest absolute Gasteiger partial charge is 0.508 e. The van der Waals surface area contributed by atoms with E-state index in [4.69, 9.17) is 10.8 Å². The molecule has 15 heavy (non-hydrogen) atoms. The van der Waals surface area contributed by atoms with Crippen LogP contribution in [0.3, 0.4) is 0 Å².